The third kappa shape index (κ3) is 2.48. The molecule has 19 heavy (non-hydrogen) atoms. The van der Waals surface area contributed by atoms with Gasteiger partial charge in [0.2, 0.25) is 0 Å². The lowest BCUT2D eigenvalue weighted by Gasteiger charge is -2.13. The van der Waals surface area contributed by atoms with Crippen LogP contribution in [0.15, 0.2) is 36.9 Å². The Labute approximate surface area is 115 Å². The number of benzene rings is 2. The number of methoxy groups -OCH3 is 1. The SMILES string of the molecule is C=CC(=O)Oc1c(N)cc(OC)c2cc(Cl)ccc12. The molecule has 0 spiro atoms. The fraction of sp³-hybridized carbons (Fsp3) is 0.0714. The summed E-state index contributed by atoms with van der Waals surface area (Å²) in [5, 5.41) is 1.92. The summed E-state index contributed by atoms with van der Waals surface area (Å²) < 4.78 is 10.4. The number of fused-ring (bicyclic) bond motifs is 1. The normalized spacial score (nSPS) is 10.2. The Morgan fingerprint density at radius 2 is 2.11 bits per heavy atom. The molecule has 0 saturated heterocycles. The largest absolute Gasteiger partial charge is 0.496 e. The Morgan fingerprint density at radius 1 is 1.37 bits per heavy atom. The summed E-state index contributed by atoms with van der Waals surface area (Å²) in [5.41, 5.74) is 6.19. The van der Waals surface area contributed by atoms with Crippen LogP contribution in [0, 0.1) is 0 Å². The van der Waals surface area contributed by atoms with Gasteiger partial charge in [-0.3, -0.25) is 0 Å². The van der Waals surface area contributed by atoms with Gasteiger partial charge in [-0.25, -0.2) is 4.79 Å². The molecule has 2 aromatic carbocycles. The van der Waals surface area contributed by atoms with Gasteiger partial charge in [-0.05, 0) is 18.2 Å². The van der Waals surface area contributed by atoms with E-state index < -0.39 is 5.97 Å². The van der Waals surface area contributed by atoms with Gasteiger partial charge in [-0.2, -0.15) is 0 Å². The molecule has 2 aromatic rings. The first-order chi connectivity index (χ1) is 9.06. The molecule has 5 heteroatoms. The second-order valence-corrected chi connectivity index (χ2v) is 4.25. The molecule has 0 atom stereocenters. The Hall–Kier alpha value is -2.20. The van der Waals surface area contributed by atoms with Crippen molar-refractivity contribution >= 4 is 34.0 Å². The Bertz CT molecular complexity index is 667. The maximum absolute atomic E-state index is 11.3. The monoisotopic (exact) mass is 277 g/mol. The highest BCUT2D eigenvalue weighted by Gasteiger charge is 2.14. The van der Waals surface area contributed by atoms with Crippen LogP contribution in [0.25, 0.3) is 10.8 Å². The molecule has 0 heterocycles. The van der Waals surface area contributed by atoms with Crippen molar-refractivity contribution in [1.29, 1.82) is 0 Å². The molecule has 0 aliphatic heterocycles. The zero-order valence-corrected chi connectivity index (χ0v) is 11.0. The van der Waals surface area contributed by atoms with E-state index in [9.17, 15) is 4.79 Å². The number of anilines is 1. The number of halogens is 1. The molecular formula is C14H12ClNO3. The average molecular weight is 278 g/mol. The van der Waals surface area contributed by atoms with Crippen molar-refractivity contribution in [1.82, 2.24) is 0 Å². The van der Waals surface area contributed by atoms with E-state index >= 15 is 0 Å². The van der Waals surface area contributed by atoms with E-state index in [1.165, 1.54) is 7.11 Å². The number of ether oxygens (including phenoxy) is 2. The fourth-order valence-corrected chi connectivity index (χ4v) is 1.96. The van der Waals surface area contributed by atoms with Gasteiger partial charge in [0.1, 0.15) is 5.75 Å². The van der Waals surface area contributed by atoms with Crippen LogP contribution in [-0.4, -0.2) is 13.1 Å². The van der Waals surface area contributed by atoms with E-state index in [0.29, 0.717) is 21.8 Å². The van der Waals surface area contributed by atoms with Gasteiger partial charge < -0.3 is 15.2 Å². The highest BCUT2D eigenvalue weighted by molar-refractivity contribution is 6.31. The van der Waals surface area contributed by atoms with Crippen LogP contribution < -0.4 is 15.2 Å². The number of esters is 1. The molecule has 0 unspecified atom stereocenters. The molecule has 0 amide bonds. The van der Waals surface area contributed by atoms with Crippen molar-refractivity contribution < 1.29 is 14.3 Å². The molecule has 2 rings (SSSR count). The van der Waals surface area contributed by atoms with Crippen molar-refractivity contribution in [2.45, 2.75) is 0 Å². The lowest BCUT2D eigenvalue weighted by molar-refractivity contribution is -0.128. The lowest BCUT2D eigenvalue weighted by atomic mass is 10.1. The van der Waals surface area contributed by atoms with E-state index in [-0.39, 0.29) is 5.75 Å². The molecule has 0 radical (unpaired) electrons. The highest BCUT2D eigenvalue weighted by Crippen LogP contribution is 2.39. The van der Waals surface area contributed by atoms with E-state index in [1.807, 2.05) is 0 Å². The molecule has 0 aliphatic rings. The van der Waals surface area contributed by atoms with Gasteiger partial charge in [-0.1, -0.05) is 18.2 Å². The summed E-state index contributed by atoms with van der Waals surface area (Å²) in [7, 11) is 1.53. The molecule has 4 nitrogen and oxygen atoms in total. The van der Waals surface area contributed by atoms with Crippen LogP contribution in [0.3, 0.4) is 0 Å². The maximum atomic E-state index is 11.3. The summed E-state index contributed by atoms with van der Waals surface area (Å²) in [6.45, 7) is 3.35. The number of carbonyl (C=O) groups is 1. The zero-order chi connectivity index (χ0) is 14.0. The van der Waals surface area contributed by atoms with E-state index in [0.717, 1.165) is 11.5 Å². The summed E-state index contributed by atoms with van der Waals surface area (Å²) in [6, 6.07) is 6.72. The van der Waals surface area contributed by atoms with Crippen LogP contribution in [-0.2, 0) is 4.79 Å². The van der Waals surface area contributed by atoms with Crippen molar-refractivity contribution in [3.8, 4) is 11.5 Å². The van der Waals surface area contributed by atoms with E-state index in [2.05, 4.69) is 6.58 Å². The molecule has 0 fully saturated rings. The molecule has 0 aromatic heterocycles. The zero-order valence-electron chi connectivity index (χ0n) is 10.3. The number of hydrogen-bond donors (Lipinski definition) is 1. The first kappa shape index (κ1) is 13.2. The van der Waals surface area contributed by atoms with Gasteiger partial charge in [0, 0.05) is 27.9 Å². The van der Waals surface area contributed by atoms with Crippen molar-refractivity contribution in [2.75, 3.05) is 12.8 Å². The number of nitrogens with two attached hydrogens (primary N) is 1. The van der Waals surface area contributed by atoms with Crippen LogP contribution in [0.2, 0.25) is 5.02 Å². The van der Waals surface area contributed by atoms with Gasteiger partial charge in [0.05, 0.1) is 12.8 Å². The third-order valence-electron chi connectivity index (χ3n) is 2.63. The highest BCUT2D eigenvalue weighted by atomic mass is 35.5. The summed E-state index contributed by atoms with van der Waals surface area (Å²) in [6.07, 6.45) is 1.07. The van der Waals surface area contributed by atoms with E-state index in [4.69, 9.17) is 26.8 Å². The number of carbonyl (C=O) groups excluding carboxylic acids is 1. The smallest absolute Gasteiger partial charge is 0.335 e. The minimum atomic E-state index is -0.576. The Balaban J connectivity index is 2.73. The van der Waals surface area contributed by atoms with Gasteiger partial charge in [-0.15, -0.1) is 0 Å². The van der Waals surface area contributed by atoms with Crippen molar-refractivity contribution in [2.24, 2.45) is 0 Å². The van der Waals surface area contributed by atoms with Crippen LogP contribution in [0.5, 0.6) is 11.5 Å². The maximum Gasteiger partial charge on any atom is 0.335 e. The summed E-state index contributed by atoms with van der Waals surface area (Å²) in [4.78, 5) is 11.3. The predicted octanol–water partition coefficient (Wildman–Crippen LogP) is 3.18. The lowest BCUT2D eigenvalue weighted by Crippen LogP contribution is -2.06. The number of rotatable bonds is 3. The van der Waals surface area contributed by atoms with Crippen LogP contribution in [0.1, 0.15) is 0 Å². The molecule has 2 N–H and O–H groups in total. The second-order valence-electron chi connectivity index (χ2n) is 3.81. The topological polar surface area (TPSA) is 61.5 Å². The van der Waals surface area contributed by atoms with Crippen LogP contribution >= 0.6 is 11.6 Å². The minimum absolute atomic E-state index is 0.275. The first-order valence-corrected chi connectivity index (χ1v) is 5.84. The first-order valence-electron chi connectivity index (χ1n) is 5.46. The summed E-state index contributed by atoms with van der Waals surface area (Å²) in [5.74, 6) is 0.263. The molecule has 0 aliphatic carbocycles. The average Bonchev–Trinajstić information content (AvgIpc) is 2.41. The quantitative estimate of drug-likeness (QED) is 0.405. The number of nitrogen functional groups attached to an aromatic ring is 1. The molecule has 0 saturated carbocycles. The van der Waals surface area contributed by atoms with Gasteiger partial charge >= 0.3 is 5.97 Å². The Kier molecular flexibility index (Phi) is 3.62. The van der Waals surface area contributed by atoms with Crippen LogP contribution in [0.4, 0.5) is 5.69 Å². The molecule has 0 bridgehead atoms. The minimum Gasteiger partial charge on any atom is -0.496 e. The summed E-state index contributed by atoms with van der Waals surface area (Å²) >= 11 is 5.96. The number of hydrogen-bond acceptors (Lipinski definition) is 4. The van der Waals surface area contributed by atoms with Crippen molar-refractivity contribution in [3.05, 3.63) is 41.9 Å². The third-order valence-corrected chi connectivity index (χ3v) is 2.86. The van der Waals surface area contributed by atoms with Gasteiger partial charge in [0.25, 0.3) is 0 Å². The van der Waals surface area contributed by atoms with E-state index in [1.54, 1.807) is 24.3 Å². The van der Waals surface area contributed by atoms with Crippen molar-refractivity contribution in [3.63, 3.8) is 0 Å². The fourth-order valence-electron chi connectivity index (χ4n) is 1.78. The predicted molar refractivity (Wildman–Crippen MR) is 75.8 cm³/mol. The Morgan fingerprint density at radius 3 is 2.74 bits per heavy atom. The molecule has 98 valence electrons. The second kappa shape index (κ2) is 5.20. The van der Waals surface area contributed by atoms with Gasteiger partial charge in [0.15, 0.2) is 5.75 Å². The molecular weight excluding hydrogens is 266 g/mol. The standard InChI is InChI=1S/C14H12ClNO3/c1-3-13(17)19-14-9-5-4-8(15)6-10(9)12(18-2)7-11(14)16/h3-7H,1,16H2,2H3.